The molecule has 1 aromatic carbocycles. The topological polar surface area (TPSA) is 77.0 Å². The van der Waals surface area contributed by atoms with Crippen molar-refractivity contribution in [1.82, 2.24) is 15.2 Å². The number of carbonyl (C=O) groups is 1. The zero-order valence-corrected chi connectivity index (χ0v) is 14.8. The van der Waals surface area contributed by atoms with Gasteiger partial charge in [0, 0.05) is 10.9 Å². The highest BCUT2D eigenvalue weighted by Gasteiger charge is 2.14. The van der Waals surface area contributed by atoms with Gasteiger partial charge in [-0.2, -0.15) is 8.78 Å². The van der Waals surface area contributed by atoms with E-state index in [4.69, 9.17) is 0 Å². The maximum atomic E-state index is 12.5. The molecule has 3 rings (SSSR count). The lowest BCUT2D eigenvalue weighted by molar-refractivity contribution is -0.113. The number of thiazole rings is 1. The second-order valence-corrected chi connectivity index (χ2v) is 7.37. The van der Waals surface area contributed by atoms with Crippen molar-refractivity contribution in [2.75, 3.05) is 11.1 Å². The predicted octanol–water partition coefficient (Wildman–Crippen LogP) is 3.99. The van der Waals surface area contributed by atoms with Gasteiger partial charge in [-0.15, -0.1) is 21.5 Å². The largest absolute Gasteiger partial charge is 0.434 e. The Balaban J connectivity index is 1.65. The summed E-state index contributed by atoms with van der Waals surface area (Å²) < 4.78 is 30.2. The molecule has 0 aliphatic rings. The summed E-state index contributed by atoms with van der Waals surface area (Å²) in [7, 11) is 0. The molecule has 2 heterocycles. The van der Waals surface area contributed by atoms with E-state index in [1.165, 1.54) is 40.5 Å². The van der Waals surface area contributed by atoms with Crippen LogP contribution in [0.25, 0.3) is 11.3 Å². The number of benzene rings is 1. The monoisotopic (exact) mass is 400 g/mol. The third-order valence-electron chi connectivity index (χ3n) is 2.80. The number of halogens is 2. The Labute approximate surface area is 153 Å². The van der Waals surface area contributed by atoms with E-state index in [1.807, 2.05) is 0 Å². The first-order valence-corrected chi connectivity index (χ1v) is 9.55. The minimum absolute atomic E-state index is 0.0347. The molecule has 130 valence electrons. The Kier molecular flexibility index (Phi) is 5.89. The van der Waals surface area contributed by atoms with Crippen LogP contribution in [-0.4, -0.2) is 33.5 Å². The third-order valence-corrected chi connectivity index (χ3v) is 5.41. The van der Waals surface area contributed by atoms with E-state index < -0.39 is 6.61 Å². The number of hydrogen-bond acceptors (Lipinski definition) is 8. The van der Waals surface area contributed by atoms with Crippen LogP contribution in [0.2, 0.25) is 0 Å². The number of para-hydroxylation sites is 1. The third kappa shape index (κ3) is 4.94. The van der Waals surface area contributed by atoms with Gasteiger partial charge in [0.1, 0.15) is 11.3 Å². The smallest absolute Gasteiger partial charge is 0.387 e. The molecule has 0 saturated carbocycles. The fraction of sp³-hybridized carbons (Fsp3) is 0.143. The van der Waals surface area contributed by atoms with Crippen molar-refractivity contribution in [3.05, 3.63) is 35.2 Å². The number of nitrogens with zero attached hydrogens (tertiary/aromatic N) is 3. The maximum Gasteiger partial charge on any atom is 0.387 e. The van der Waals surface area contributed by atoms with Crippen LogP contribution in [0.15, 0.2) is 39.5 Å². The average Bonchev–Trinajstić information content (AvgIpc) is 3.24. The van der Waals surface area contributed by atoms with E-state index in [1.54, 1.807) is 29.1 Å². The van der Waals surface area contributed by atoms with E-state index in [0.717, 1.165) is 0 Å². The highest BCUT2D eigenvalue weighted by Crippen LogP contribution is 2.33. The molecule has 2 aromatic heterocycles. The van der Waals surface area contributed by atoms with Crippen LogP contribution in [0.1, 0.15) is 0 Å². The second kappa shape index (κ2) is 8.32. The molecule has 0 saturated heterocycles. The first kappa shape index (κ1) is 17.7. The predicted molar refractivity (Wildman–Crippen MR) is 93.4 cm³/mol. The van der Waals surface area contributed by atoms with Gasteiger partial charge in [-0.3, -0.25) is 4.79 Å². The van der Waals surface area contributed by atoms with Crippen molar-refractivity contribution >= 4 is 45.5 Å². The van der Waals surface area contributed by atoms with E-state index in [0.29, 0.717) is 20.7 Å². The number of anilines is 1. The van der Waals surface area contributed by atoms with Gasteiger partial charge in [0.25, 0.3) is 0 Å². The first-order valence-electron chi connectivity index (χ1n) is 6.80. The molecule has 0 unspecified atom stereocenters. The average molecular weight is 400 g/mol. The maximum absolute atomic E-state index is 12.5. The van der Waals surface area contributed by atoms with E-state index in [9.17, 15) is 13.6 Å². The Bertz CT molecular complexity index is 842. The number of aromatic nitrogens is 3. The van der Waals surface area contributed by atoms with Gasteiger partial charge in [0.2, 0.25) is 5.91 Å². The minimum Gasteiger partial charge on any atom is -0.434 e. The number of amides is 1. The molecule has 1 amide bonds. The van der Waals surface area contributed by atoms with Crippen LogP contribution in [-0.2, 0) is 4.79 Å². The van der Waals surface area contributed by atoms with E-state index in [2.05, 4.69) is 25.2 Å². The first-order chi connectivity index (χ1) is 12.1. The fourth-order valence-corrected chi connectivity index (χ4v) is 3.86. The van der Waals surface area contributed by atoms with Crippen molar-refractivity contribution in [3.63, 3.8) is 0 Å². The van der Waals surface area contributed by atoms with Gasteiger partial charge >= 0.3 is 6.61 Å². The number of alkyl halides is 2. The second-order valence-electron chi connectivity index (χ2n) is 4.45. The lowest BCUT2D eigenvalue weighted by Crippen LogP contribution is -2.13. The molecule has 1 N–H and O–H groups in total. The SMILES string of the molecule is O=C(CSc1nncs1)Nc1nc(-c2ccccc2OC(F)F)cs1. The van der Waals surface area contributed by atoms with E-state index in [-0.39, 0.29) is 17.4 Å². The van der Waals surface area contributed by atoms with Crippen molar-refractivity contribution in [2.24, 2.45) is 0 Å². The van der Waals surface area contributed by atoms with Crippen LogP contribution in [0, 0.1) is 0 Å². The zero-order chi connectivity index (χ0) is 17.6. The number of ether oxygens (including phenoxy) is 1. The summed E-state index contributed by atoms with van der Waals surface area (Å²) in [6, 6.07) is 6.37. The van der Waals surface area contributed by atoms with Gasteiger partial charge in [-0.05, 0) is 12.1 Å². The molecular formula is C14H10F2N4O2S3. The Hall–Kier alpha value is -2.11. The lowest BCUT2D eigenvalue weighted by Gasteiger charge is -2.08. The number of thioether (sulfide) groups is 1. The van der Waals surface area contributed by atoms with Gasteiger partial charge in [-0.25, -0.2) is 4.98 Å². The van der Waals surface area contributed by atoms with Crippen LogP contribution < -0.4 is 10.1 Å². The van der Waals surface area contributed by atoms with Crippen molar-refractivity contribution in [2.45, 2.75) is 11.0 Å². The molecule has 11 heteroatoms. The standard InChI is InChI=1S/C14H10F2N4O2S3/c15-12(16)22-10-4-2-1-3-8(10)9-5-23-13(18-9)19-11(21)6-24-14-20-17-7-25-14/h1-5,7,12H,6H2,(H,18,19,21). The summed E-state index contributed by atoms with van der Waals surface area (Å²) in [5.41, 5.74) is 2.47. The number of nitrogens with one attached hydrogen (secondary N) is 1. The van der Waals surface area contributed by atoms with Crippen LogP contribution in [0.4, 0.5) is 13.9 Å². The van der Waals surface area contributed by atoms with Gasteiger partial charge in [0.15, 0.2) is 9.47 Å². The Morgan fingerprint density at radius 3 is 2.92 bits per heavy atom. The molecule has 0 fully saturated rings. The zero-order valence-electron chi connectivity index (χ0n) is 12.4. The highest BCUT2D eigenvalue weighted by molar-refractivity contribution is 8.01. The molecule has 0 radical (unpaired) electrons. The van der Waals surface area contributed by atoms with Crippen LogP contribution in [0.3, 0.4) is 0 Å². The Morgan fingerprint density at radius 1 is 1.32 bits per heavy atom. The normalized spacial score (nSPS) is 10.8. The van der Waals surface area contributed by atoms with Crippen molar-refractivity contribution < 1.29 is 18.3 Å². The Morgan fingerprint density at radius 2 is 2.16 bits per heavy atom. The summed E-state index contributed by atoms with van der Waals surface area (Å²) in [4.78, 5) is 16.2. The van der Waals surface area contributed by atoms with Crippen LogP contribution >= 0.6 is 34.4 Å². The lowest BCUT2D eigenvalue weighted by atomic mass is 10.1. The molecule has 0 spiro atoms. The molecule has 25 heavy (non-hydrogen) atoms. The molecule has 3 aromatic rings. The van der Waals surface area contributed by atoms with Gasteiger partial charge in [0.05, 0.1) is 11.4 Å². The molecule has 0 aliphatic heterocycles. The highest BCUT2D eigenvalue weighted by atomic mass is 32.2. The summed E-state index contributed by atoms with van der Waals surface area (Å²) in [6.45, 7) is -2.92. The summed E-state index contributed by atoms with van der Waals surface area (Å²) in [5, 5.41) is 12.2. The summed E-state index contributed by atoms with van der Waals surface area (Å²) in [6.07, 6.45) is 0. The van der Waals surface area contributed by atoms with Crippen LogP contribution in [0.5, 0.6) is 5.75 Å². The van der Waals surface area contributed by atoms with Gasteiger partial charge in [-0.1, -0.05) is 35.2 Å². The quantitative estimate of drug-likeness (QED) is 0.604. The molecule has 0 aliphatic carbocycles. The van der Waals surface area contributed by atoms with Crippen molar-refractivity contribution in [3.8, 4) is 17.0 Å². The van der Waals surface area contributed by atoms with Crippen molar-refractivity contribution in [1.29, 1.82) is 0 Å². The minimum atomic E-state index is -2.92. The molecule has 0 bridgehead atoms. The molecular weight excluding hydrogens is 390 g/mol. The molecule has 0 atom stereocenters. The number of carbonyl (C=O) groups excluding carboxylic acids is 1. The van der Waals surface area contributed by atoms with E-state index >= 15 is 0 Å². The number of hydrogen-bond donors (Lipinski definition) is 1. The summed E-state index contributed by atoms with van der Waals surface area (Å²) in [5.74, 6) is -0.0273. The molecule has 6 nitrogen and oxygen atoms in total. The number of rotatable bonds is 7. The fourth-order valence-electron chi connectivity index (χ4n) is 1.84. The van der Waals surface area contributed by atoms with Gasteiger partial charge < -0.3 is 10.1 Å². The summed E-state index contributed by atoms with van der Waals surface area (Å²) >= 11 is 3.83.